The Morgan fingerprint density at radius 3 is 2.28 bits per heavy atom. The SMILES string of the molecule is CN(C(=O)N1CCN(Cc2cccc(F)c2)C(=O)C1(C)CC=O)c1c(F)cc(C#Cc2ccccc2)cc1F. The van der Waals surface area contributed by atoms with Gasteiger partial charge in [0.25, 0.3) is 0 Å². The van der Waals surface area contributed by atoms with Gasteiger partial charge in [0.1, 0.15) is 23.3 Å². The van der Waals surface area contributed by atoms with Crippen LogP contribution < -0.4 is 4.90 Å². The highest BCUT2D eigenvalue weighted by Gasteiger charge is 2.48. The maximum Gasteiger partial charge on any atom is 0.325 e. The van der Waals surface area contributed by atoms with Crippen LogP contribution in [0.3, 0.4) is 0 Å². The normalized spacial score (nSPS) is 16.9. The number of urea groups is 1. The van der Waals surface area contributed by atoms with E-state index in [9.17, 15) is 18.8 Å². The Kier molecular flexibility index (Phi) is 8.05. The lowest BCUT2D eigenvalue weighted by Crippen LogP contribution is -2.67. The van der Waals surface area contributed by atoms with Gasteiger partial charge in [0.05, 0.1) is 0 Å². The number of aldehydes is 1. The van der Waals surface area contributed by atoms with Crippen molar-refractivity contribution in [2.24, 2.45) is 0 Å². The van der Waals surface area contributed by atoms with Gasteiger partial charge in [-0.05, 0) is 48.9 Å². The molecule has 1 fully saturated rings. The average Bonchev–Trinajstić information content (AvgIpc) is 2.90. The van der Waals surface area contributed by atoms with Crippen LogP contribution in [-0.2, 0) is 16.1 Å². The number of rotatable bonds is 5. The molecule has 200 valence electrons. The summed E-state index contributed by atoms with van der Waals surface area (Å²) in [4.78, 5) is 41.9. The van der Waals surface area contributed by atoms with Crippen molar-refractivity contribution >= 4 is 23.9 Å². The van der Waals surface area contributed by atoms with Gasteiger partial charge in [-0.3, -0.25) is 9.69 Å². The third-order valence-corrected chi connectivity index (χ3v) is 6.68. The van der Waals surface area contributed by atoms with E-state index in [0.717, 1.165) is 21.9 Å². The van der Waals surface area contributed by atoms with E-state index in [2.05, 4.69) is 11.8 Å². The summed E-state index contributed by atoms with van der Waals surface area (Å²) < 4.78 is 43.8. The van der Waals surface area contributed by atoms with Crippen LogP contribution in [0, 0.1) is 29.3 Å². The van der Waals surface area contributed by atoms with E-state index in [1.165, 1.54) is 37.1 Å². The molecule has 0 bridgehead atoms. The number of benzene rings is 3. The second-order valence-corrected chi connectivity index (χ2v) is 9.40. The topological polar surface area (TPSA) is 60.9 Å². The first-order valence-electron chi connectivity index (χ1n) is 12.2. The molecule has 9 heteroatoms. The van der Waals surface area contributed by atoms with Gasteiger partial charge in [-0.25, -0.2) is 18.0 Å². The number of anilines is 1. The predicted molar refractivity (Wildman–Crippen MR) is 140 cm³/mol. The molecular weight excluding hydrogens is 507 g/mol. The molecule has 1 unspecified atom stereocenters. The molecule has 0 aromatic heterocycles. The maximum atomic E-state index is 15.1. The second kappa shape index (κ2) is 11.4. The quantitative estimate of drug-likeness (QED) is 0.351. The Labute approximate surface area is 224 Å². The van der Waals surface area contributed by atoms with E-state index >= 15 is 8.78 Å². The lowest BCUT2D eigenvalue weighted by Gasteiger charge is -2.48. The number of piperazine rings is 1. The van der Waals surface area contributed by atoms with E-state index in [1.54, 1.807) is 30.3 Å². The zero-order valence-electron chi connectivity index (χ0n) is 21.5. The van der Waals surface area contributed by atoms with Crippen molar-refractivity contribution in [3.05, 3.63) is 101 Å². The number of nitrogens with zero attached hydrogens (tertiary/aromatic N) is 3. The van der Waals surface area contributed by atoms with Gasteiger partial charge in [0.15, 0.2) is 11.6 Å². The van der Waals surface area contributed by atoms with Gasteiger partial charge in [0, 0.05) is 44.2 Å². The first-order valence-corrected chi connectivity index (χ1v) is 12.2. The molecule has 0 spiro atoms. The van der Waals surface area contributed by atoms with E-state index in [0.29, 0.717) is 17.4 Å². The Hall–Kier alpha value is -4.58. The van der Waals surface area contributed by atoms with Crippen molar-refractivity contribution in [3.8, 4) is 11.8 Å². The van der Waals surface area contributed by atoms with Crippen LogP contribution in [0.25, 0.3) is 0 Å². The van der Waals surface area contributed by atoms with E-state index in [4.69, 9.17) is 0 Å². The molecule has 3 aromatic carbocycles. The fourth-order valence-electron chi connectivity index (χ4n) is 4.60. The summed E-state index contributed by atoms with van der Waals surface area (Å²) in [5, 5.41) is 0. The molecular formula is C30H26F3N3O3. The number of carbonyl (C=O) groups is 3. The Bertz CT molecular complexity index is 1450. The zero-order valence-corrected chi connectivity index (χ0v) is 21.5. The predicted octanol–water partition coefficient (Wildman–Crippen LogP) is 4.75. The molecule has 4 rings (SSSR count). The fraction of sp³-hybridized carbons (Fsp3) is 0.233. The summed E-state index contributed by atoms with van der Waals surface area (Å²) in [7, 11) is 1.20. The molecule has 1 heterocycles. The smallest absolute Gasteiger partial charge is 0.325 e. The van der Waals surface area contributed by atoms with Gasteiger partial charge in [-0.2, -0.15) is 0 Å². The molecule has 1 saturated heterocycles. The van der Waals surface area contributed by atoms with Gasteiger partial charge in [-0.15, -0.1) is 0 Å². The van der Waals surface area contributed by atoms with Crippen LogP contribution in [-0.4, -0.2) is 53.7 Å². The summed E-state index contributed by atoms with van der Waals surface area (Å²) >= 11 is 0. The van der Waals surface area contributed by atoms with Crippen LogP contribution in [0.1, 0.15) is 30.0 Å². The largest absolute Gasteiger partial charge is 0.335 e. The third kappa shape index (κ3) is 5.80. The summed E-state index contributed by atoms with van der Waals surface area (Å²) in [5.41, 5.74) is -0.899. The summed E-state index contributed by atoms with van der Waals surface area (Å²) in [6, 6.07) is 15.9. The molecule has 3 aromatic rings. The lowest BCUT2D eigenvalue weighted by molar-refractivity contribution is -0.149. The highest BCUT2D eigenvalue weighted by atomic mass is 19.1. The summed E-state index contributed by atoms with van der Waals surface area (Å²) in [6.45, 7) is 1.60. The molecule has 39 heavy (non-hydrogen) atoms. The van der Waals surface area contributed by atoms with Crippen molar-refractivity contribution < 1.29 is 27.6 Å². The molecule has 1 atom stereocenters. The zero-order chi connectivity index (χ0) is 28.2. The molecule has 6 nitrogen and oxygen atoms in total. The minimum absolute atomic E-state index is 0.00155. The van der Waals surface area contributed by atoms with Crippen molar-refractivity contribution in [3.63, 3.8) is 0 Å². The molecule has 3 amide bonds. The molecule has 0 aliphatic carbocycles. The highest BCUT2D eigenvalue weighted by molar-refractivity contribution is 5.99. The molecule has 0 saturated carbocycles. The summed E-state index contributed by atoms with van der Waals surface area (Å²) in [6.07, 6.45) is 0.190. The van der Waals surface area contributed by atoms with E-state index in [-0.39, 0.29) is 31.6 Å². The van der Waals surface area contributed by atoms with Crippen molar-refractivity contribution in [2.75, 3.05) is 25.0 Å². The minimum Gasteiger partial charge on any atom is -0.335 e. The van der Waals surface area contributed by atoms with Gasteiger partial charge >= 0.3 is 6.03 Å². The van der Waals surface area contributed by atoms with Crippen LogP contribution in [0.5, 0.6) is 0 Å². The number of amides is 3. The third-order valence-electron chi connectivity index (χ3n) is 6.68. The Morgan fingerprint density at radius 2 is 1.64 bits per heavy atom. The standard InChI is InChI=1S/C30H26F3N3O3/c1-30(13-16-37)28(38)35(20-23-9-6-10-24(31)17-23)14-15-36(30)29(39)34(2)27-25(32)18-22(19-26(27)33)12-11-21-7-4-3-5-8-21/h3-10,16-19H,13-15,20H2,1-2H3. The van der Waals surface area contributed by atoms with Gasteiger partial charge < -0.3 is 14.6 Å². The Balaban J connectivity index is 1.57. The fourth-order valence-corrected chi connectivity index (χ4v) is 4.60. The van der Waals surface area contributed by atoms with Gasteiger partial charge in [-0.1, -0.05) is 42.2 Å². The van der Waals surface area contributed by atoms with Gasteiger partial charge in [0.2, 0.25) is 5.91 Å². The van der Waals surface area contributed by atoms with Crippen LogP contribution in [0.2, 0.25) is 0 Å². The lowest BCUT2D eigenvalue weighted by atomic mass is 9.91. The maximum absolute atomic E-state index is 15.1. The molecule has 1 aliphatic heterocycles. The number of hydrogen-bond acceptors (Lipinski definition) is 3. The average molecular weight is 534 g/mol. The number of halogens is 3. The second-order valence-electron chi connectivity index (χ2n) is 9.40. The Morgan fingerprint density at radius 1 is 0.974 bits per heavy atom. The van der Waals surface area contributed by atoms with E-state index in [1.807, 2.05) is 6.07 Å². The molecule has 0 radical (unpaired) electrons. The monoisotopic (exact) mass is 533 g/mol. The van der Waals surface area contributed by atoms with Crippen LogP contribution in [0.15, 0.2) is 66.7 Å². The van der Waals surface area contributed by atoms with Crippen molar-refractivity contribution in [1.29, 1.82) is 0 Å². The van der Waals surface area contributed by atoms with Crippen LogP contribution >= 0.6 is 0 Å². The summed E-state index contributed by atoms with van der Waals surface area (Å²) in [5.74, 6) is 2.55. The number of carbonyl (C=O) groups excluding carboxylic acids is 3. The highest BCUT2D eigenvalue weighted by Crippen LogP contribution is 2.31. The molecule has 1 aliphatic rings. The van der Waals surface area contributed by atoms with Crippen molar-refractivity contribution in [2.45, 2.75) is 25.4 Å². The first-order chi connectivity index (χ1) is 18.6. The minimum atomic E-state index is -1.60. The van der Waals surface area contributed by atoms with Crippen LogP contribution in [0.4, 0.5) is 23.7 Å². The first kappa shape index (κ1) is 27.5. The van der Waals surface area contributed by atoms with E-state index < -0.39 is 40.6 Å². The number of hydrogen-bond donors (Lipinski definition) is 0. The molecule has 0 N–H and O–H groups in total. The van der Waals surface area contributed by atoms with Crippen molar-refractivity contribution in [1.82, 2.24) is 9.80 Å².